The smallest absolute Gasteiger partial charge is 0.231 e. The van der Waals surface area contributed by atoms with Crippen LogP contribution in [-0.2, 0) is 0 Å². The number of carbonyl (C=O) groups is 1. The molecule has 2 aromatic carbocycles. The number of benzene rings is 2. The second kappa shape index (κ2) is 6.31. The molecule has 1 heterocycles. The maximum atomic E-state index is 12.4. The van der Waals surface area contributed by atoms with Gasteiger partial charge in [-0.2, -0.15) is 0 Å². The Bertz CT molecular complexity index is 821. The molecule has 0 amide bonds. The zero-order chi connectivity index (χ0) is 16.4. The first-order chi connectivity index (χ1) is 11.0. The van der Waals surface area contributed by atoms with Crippen LogP contribution >= 0.6 is 11.6 Å². The molecular formula is C19H15ClO3. The van der Waals surface area contributed by atoms with Gasteiger partial charge in [0, 0.05) is 11.1 Å². The number of rotatable bonds is 4. The molecular weight excluding hydrogens is 312 g/mol. The third-order valence-corrected chi connectivity index (χ3v) is 3.51. The average molecular weight is 327 g/mol. The van der Waals surface area contributed by atoms with E-state index in [1.807, 2.05) is 19.1 Å². The molecule has 0 N–H and O–H groups in total. The van der Waals surface area contributed by atoms with E-state index >= 15 is 0 Å². The molecule has 0 unspecified atom stereocenters. The highest BCUT2D eigenvalue weighted by atomic mass is 35.5. The van der Waals surface area contributed by atoms with Crippen molar-refractivity contribution in [2.45, 2.75) is 6.92 Å². The number of halogens is 1. The van der Waals surface area contributed by atoms with E-state index in [9.17, 15) is 4.79 Å². The fraction of sp³-hybridized carbons (Fsp3) is 0.105. The Hall–Kier alpha value is -2.52. The predicted octanol–water partition coefficient (Wildman–Crippen LogP) is 4.91. The monoisotopic (exact) mass is 326 g/mol. The molecule has 3 rings (SSSR count). The Kier molecular flexibility index (Phi) is 4.22. The van der Waals surface area contributed by atoms with Gasteiger partial charge < -0.3 is 9.47 Å². The van der Waals surface area contributed by atoms with Crippen LogP contribution in [0, 0.1) is 0 Å². The lowest BCUT2D eigenvalue weighted by Gasteiger charge is -2.06. The van der Waals surface area contributed by atoms with Crippen LogP contribution in [0.15, 0.2) is 60.4 Å². The number of allylic oxidation sites excluding steroid dienone is 1. The van der Waals surface area contributed by atoms with Gasteiger partial charge in [0.1, 0.15) is 18.1 Å². The molecule has 0 saturated carbocycles. The molecule has 0 saturated heterocycles. The summed E-state index contributed by atoms with van der Waals surface area (Å²) in [6, 6.07) is 12.4. The van der Waals surface area contributed by atoms with Gasteiger partial charge >= 0.3 is 0 Å². The quantitative estimate of drug-likeness (QED) is 0.591. The minimum atomic E-state index is -0.147. The van der Waals surface area contributed by atoms with Crippen LogP contribution in [0.3, 0.4) is 0 Å². The molecule has 0 fully saturated rings. The lowest BCUT2D eigenvalue weighted by Crippen LogP contribution is -1.98. The summed E-state index contributed by atoms with van der Waals surface area (Å²) in [6.45, 7) is 6.11. The van der Waals surface area contributed by atoms with Crippen LogP contribution in [-0.4, -0.2) is 12.4 Å². The summed E-state index contributed by atoms with van der Waals surface area (Å²) < 4.78 is 11.2. The maximum Gasteiger partial charge on any atom is 0.231 e. The average Bonchev–Trinajstić information content (AvgIpc) is 2.81. The van der Waals surface area contributed by atoms with Crippen molar-refractivity contribution in [2.75, 3.05) is 6.61 Å². The van der Waals surface area contributed by atoms with E-state index in [1.165, 1.54) is 0 Å². The van der Waals surface area contributed by atoms with Crippen molar-refractivity contribution in [1.82, 2.24) is 0 Å². The molecule has 23 heavy (non-hydrogen) atoms. The van der Waals surface area contributed by atoms with Crippen molar-refractivity contribution in [3.05, 3.63) is 76.5 Å². The van der Waals surface area contributed by atoms with Crippen LogP contribution in [0.2, 0.25) is 5.02 Å². The zero-order valence-electron chi connectivity index (χ0n) is 12.6. The second-order valence-corrected chi connectivity index (χ2v) is 5.83. The van der Waals surface area contributed by atoms with Gasteiger partial charge in [0.2, 0.25) is 5.78 Å². The lowest BCUT2D eigenvalue weighted by molar-refractivity contribution is 0.101. The van der Waals surface area contributed by atoms with Crippen LogP contribution in [0.1, 0.15) is 22.8 Å². The summed E-state index contributed by atoms with van der Waals surface area (Å²) in [6.07, 6.45) is 1.68. The van der Waals surface area contributed by atoms with Gasteiger partial charge in [0.15, 0.2) is 5.76 Å². The van der Waals surface area contributed by atoms with Gasteiger partial charge in [0.05, 0.1) is 5.56 Å². The SMILES string of the molecule is C=C(C)COc1ccc2c(c1)O/C(=C\c1cccc(Cl)c1)C2=O. The number of fused-ring (bicyclic) bond motifs is 1. The molecule has 0 bridgehead atoms. The van der Waals surface area contributed by atoms with Gasteiger partial charge in [0.25, 0.3) is 0 Å². The van der Waals surface area contributed by atoms with Gasteiger partial charge in [-0.05, 0) is 48.4 Å². The van der Waals surface area contributed by atoms with Gasteiger partial charge in [-0.3, -0.25) is 4.79 Å². The van der Waals surface area contributed by atoms with Crippen LogP contribution in [0.4, 0.5) is 0 Å². The standard InChI is InChI=1S/C19H15ClO3/c1-12(2)11-22-15-6-7-16-17(10-15)23-18(19(16)21)9-13-4-3-5-14(20)8-13/h3-10H,1,11H2,2H3/b18-9-. The molecule has 116 valence electrons. The minimum absolute atomic E-state index is 0.147. The molecule has 1 aliphatic rings. The second-order valence-electron chi connectivity index (χ2n) is 5.40. The van der Waals surface area contributed by atoms with Crippen molar-refractivity contribution in [3.63, 3.8) is 0 Å². The first-order valence-corrected chi connectivity index (χ1v) is 7.52. The molecule has 0 atom stereocenters. The molecule has 1 aliphatic heterocycles. The first kappa shape index (κ1) is 15.4. The molecule has 0 radical (unpaired) electrons. The van der Waals surface area contributed by atoms with E-state index in [1.54, 1.807) is 36.4 Å². The molecule has 0 aliphatic carbocycles. The normalized spacial score (nSPS) is 14.5. The summed E-state index contributed by atoms with van der Waals surface area (Å²) in [5, 5.41) is 0.609. The minimum Gasteiger partial charge on any atom is -0.489 e. The highest BCUT2D eigenvalue weighted by Crippen LogP contribution is 2.35. The zero-order valence-corrected chi connectivity index (χ0v) is 13.4. The van der Waals surface area contributed by atoms with Crippen LogP contribution < -0.4 is 9.47 Å². The lowest BCUT2D eigenvalue weighted by atomic mass is 10.1. The van der Waals surface area contributed by atoms with Crippen molar-refractivity contribution in [1.29, 1.82) is 0 Å². The third-order valence-electron chi connectivity index (χ3n) is 3.27. The van der Waals surface area contributed by atoms with E-state index in [0.29, 0.717) is 28.7 Å². The van der Waals surface area contributed by atoms with Gasteiger partial charge in [-0.1, -0.05) is 30.3 Å². The Morgan fingerprint density at radius 2 is 2.13 bits per heavy atom. The summed E-state index contributed by atoms with van der Waals surface area (Å²) >= 11 is 5.96. The topological polar surface area (TPSA) is 35.5 Å². The number of hydrogen-bond donors (Lipinski definition) is 0. The van der Waals surface area contributed by atoms with E-state index in [0.717, 1.165) is 11.1 Å². The largest absolute Gasteiger partial charge is 0.489 e. The van der Waals surface area contributed by atoms with Crippen LogP contribution in [0.5, 0.6) is 11.5 Å². The third kappa shape index (κ3) is 3.46. The predicted molar refractivity (Wildman–Crippen MR) is 91.1 cm³/mol. The van der Waals surface area contributed by atoms with Crippen molar-refractivity contribution in [3.8, 4) is 11.5 Å². The molecule has 0 spiro atoms. The van der Waals surface area contributed by atoms with Crippen molar-refractivity contribution < 1.29 is 14.3 Å². The van der Waals surface area contributed by atoms with Gasteiger partial charge in [-0.25, -0.2) is 0 Å². The van der Waals surface area contributed by atoms with E-state index in [2.05, 4.69) is 6.58 Å². The highest BCUT2D eigenvalue weighted by Gasteiger charge is 2.27. The summed E-state index contributed by atoms with van der Waals surface area (Å²) in [5.74, 6) is 1.27. The molecule has 2 aromatic rings. The van der Waals surface area contributed by atoms with Crippen molar-refractivity contribution >= 4 is 23.5 Å². The van der Waals surface area contributed by atoms with Crippen molar-refractivity contribution in [2.24, 2.45) is 0 Å². The van der Waals surface area contributed by atoms with Gasteiger partial charge in [-0.15, -0.1) is 0 Å². The van der Waals surface area contributed by atoms with E-state index in [-0.39, 0.29) is 11.5 Å². The number of ketones is 1. The molecule has 4 heteroatoms. The number of Topliss-reactive ketones (excluding diaryl/α,β-unsaturated/α-hetero) is 1. The summed E-state index contributed by atoms with van der Waals surface area (Å²) in [7, 11) is 0. The van der Waals surface area contributed by atoms with E-state index in [4.69, 9.17) is 21.1 Å². The van der Waals surface area contributed by atoms with Crippen LogP contribution in [0.25, 0.3) is 6.08 Å². The summed E-state index contributed by atoms with van der Waals surface area (Å²) in [4.78, 5) is 12.4. The Labute approximate surface area is 139 Å². The number of hydrogen-bond acceptors (Lipinski definition) is 3. The number of carbonyl (C=O) groups excluding carboxylic acids is 1. The molecule has 3 nitrogen and oxygen atoms in total. The van der Waals surface area contributed by atoms with E-state index < -0.39 is 0 Å². The number of ether oxygens (including phenoxy) is 2. The maximum absolute atomic E-state index is 12.4. The Morgan fingerprint density at radius 1 is 1.30 bits per heavy atom. The fourth-order valence-electron chi connectivity index (χ4n) is 2.21. The first-order valence-electron chi connectivity index (χ1n) is 7.14. The highest BCUT2D eigenvalue weighted by molar-refractivity contribution is 6.30. The fourth-order valence-corrected chi connectivity index (χ4v) is 2.41. The Morgan fingerprint density at radius 3 is 2.87 bits per heavy atom. The molecule has 0 aromatic heterocycles. The summed E-state index contributed by atoms with van der Waals surface area (Å²) in [5.41, 5.74) is 2.26. The Balaban J connectivity index is 1.85.